The van der Waals surface area contributed by atoms with Crippen molar-refractivity contribution in [3.8, 4) is 55.6 Å². The van der Waals surface area contributed by atoms with Crippen LogP contribution in [-0.2, 0) is 0 Å². The summed E-state index contributed by atoms with van der Waals surface area (Å²) in [5.74, 6) is 0. The van der Waals surface area contributed by atoms with Gasteiger partial charge in [-0.3, -0.25) is 0 Å². The van der Waals surface area contributed by atoms with Crippen LogP contribution in [0.3, 0.4) is 0 Å². The summed E-state index contributed by atoms with van der Waals surface area (Å²) in [4.78, 5) is 4.73. The molecule has 0 heterocycles. The molecule has 0 saturated heterocycles. The molecule has 0 atom stereocenters. The summed E-state index contributed by atoms with van der Waals surface area (Å²) < 4.78 is 0. The molecule has 0 N–H and O–H groups in total. The van der Waals surface area contributed by atoms with E-state index in [-0.39, 0.29) is 0 Å². The second kappa shape index (κ2) is 18.2. The van der Waals surface area contributed by atoms with Crippen molar-refractivity contribution in [2.45, 2.75) is 0 Å². The van der Waals surface area contributed by atoms with Gasteiger partial charge in [0.2, 0.25) is 0 Å². The van der Waals surface area contributed by atoms with Gasteiger partial charge in [0.1, 0.15) is 0 Å². The number of fused-ring (bicyclic) bond motifs is 1. The summed E-state index contributed by atoms with van der Waals surface area (Å²) in [6.07, 6.45) is 0. The highest BCUT2D eigenvalue weighted by Gasteiger charge is 2.18. The maximum absolute atomic E-state index is 2.38. The molecule has 2 heteroatoms. The molecule has 0 aliphatic rings. The van der Waals surface area contributed by atoms with Crippen LogP contribution in [0, 0.1) is 0 Å². The Balaban J connectivity index is 0.963. The van der Waals surface area contributed by atoms with Crippen molar-refractivity contribution in [1.29, 1.82) is 0 Å². The summed E-state index contributed by atoms with van der Waals surface area (Å²) in [7, 11) is 0. The van der Waals surface area contributed by atoms with Crippen molar-refractivity contribution in [3.63, 3.8) is 0 Å². The van der Waals surface area contributed by atoms with Gasteiger partial charge in [0.05, 0.1) is 0 Å². The van der Waals surface area contributed by atoms with E-state index >= 15 is 0 Å². The number of hydrogen-bond acceptors (Lipinski definition) is 2. The number of anilines is 6. The number of benzene rings is 11. The summed E-state index contributed by atoms with van der Waals surface area (Å²) in [5.41, 5.74) is 18.3. The van der Waals surface area contributed by atoms with Gasteiger partial charge in [0.25, 0.3) is 0 Å². The largest absolute Gasteiger partial charge is 0.310 e. The normalized spacial score (nSPS) is 11.0. The van der Waals surface area contributed by atoms with Crippen LogP contribution in [0.1, 0.15) is 0 Å². The van der Waals surface area contributed by atoms with E-state index in [0.29, 0.717) is 0 Å². The summed E-state index contributed by atoms with van der Waals surface area (Å²) in [5, 5.41) is 2.43. The Morgan fingerprint density at radius 3 is 0.788 bits per heavy atom. The number of rotatable bonds is 11. The minimum Gasteiger partial charge on any atom is -0.310 e. The van der Waals surface area contributed by atoms with E-state index in [1.807, 2.05) is 0 Å². The molecule has 0 aromatic heterocycles. The molecule has 0 bridgehead atoms. The predicted molar refractivity (Wildman–Crippen MR) is 280 cm³/mol. The van der Waals surface area contributed by atoms with Crippen LogP contribution in [0.2, 0.25) is 0 Å². The monoisotopic (exact) mass is 842 g/mol. The maximum atomic E-state index is 2.38. The van der Waals surface area contributed by atoms with Crippen molar-refractivity contribution in [3.05, 3.63) is 279 Å². The van der Waals surface area contributed by atoms with Crippen LogP contribution in [0.4, 0.5) is 34.1 Å². The molecular formula is C64H46N2. The first-order valence-corrected chi connectivity index (χ1v) is 22.6. The molecule has 0 aliphatic carbocycles. The van der Waals surface area contributed by atoms with E-state index < -0.39 is 0 Å². The molecule has 11 rings (SSSR count). The van der Waals surface area contributed by atoms with Gasteiger partial charge in [-0.25, -0.2) is 0 Å². The molecule has 2 nitrogen and oxygen atoms in total. The lowest BCUT2D eigenvalue weighted by atomic mass is 9.97. The fourth-order valence-electron chi connectivity index (χ4n) is 9.02. The standard InChI is InChI=1S/C64H46N2/c1-5-15-47(16-6-1)52-25-34-59(35-26-52)65(63-42-33-51-23-13-14-24-56(51)44-63)60-36-29-54(30-37-60)55-31-40-62(41-32-55)66(61-38-27-53(28-39-61)48-17-7-2-8-18-48)64-45-57(49-19-9-3-10-20-49)43-58(46-64)50-21-11-4-12-22-50/h1-46H. The first kappa shape index (κ1) is 40.1. The Bertz CT molecular complexity index is 3290. The highest BCUT2D eigenvalue weighted by Crippen LogP contribution is 2.42. The molecule has 66 heavy (non-hydrogen) atoms. The van der Waals surface area contributed by atoms with E-state index in [9.17, 15) is 0 Å². The van der Waals surface area contributed by atoms with Gasteiger partial charge in [-0.2, -0.15) is 0 Å². The third-order valence-electron chi connectivity index (χ3n) is 12.4. The second-order valence-electron chi connectivity index (χ2n) is 16.6. The number of nitrogens with zero attached hydrogens (tertiary/aromatic N) is 2. The van der Waals surface area contributed by atoms with Crippen LogP contribution < -0.4 is 9.80 Å². The Hall–Kier alpha value is -8.72. The maximum Gasteiger partial charge on any atom is 0.0473 e. The van der Waals surface area contributed by atoms with Gasteiger partial charge >= 0.3 is 0 Å². The molecule has 0 spiro atoms. The smallest absolute Gasteiger partial charge is 0.0473 e. The predicted octanol–water partition coefficient (Wildman–Crippen LogP) is 18.1. The first-order chi connectivity index (χ1) is 32.7. The average molecular weight is 843 g/mol. The lowest BCUT2D eigenvalue weighted by molar-refractivity contribution is 1.28. The first-order valence-electron chi connectivity index (χ1n) is 22.6. The Morgan fingerprint density at radius 2 is 0.424 bits per heavy atom. The molecule has 312 valence electrons. The molecule has 0 fully saturated rings. The lowest BCUT2D eigenvalue weighted by Gasteiger charge is -2.27. The van der Waals surface area contributed by atoms with Crippen LogP contribution in [-0.4, -0.2) is 0 Å². The molecule has 0 saturated carbocycles. The fraction of sp³-hybridized carbons (Fsp3) is 0. The summed E-state index contributed by atoms with van der Waals surface area (Å²) in [6, 6.07) is 100. The highest BCUT2D eigenvalue weighted by atomic mass is 15.1. The van der Waals surface area contributed by atoms with Gasteiger partial charge in [-0.1, -0.05) is 200 Å². The minimum absolute atomic E-state index is 1.08. The van der Waals surface area contributed by atoms with Gasteiger partial charge in [0, 0.05) is 34.1 Å². The molecule has 11 aromatic rings. The average Bonchev–Trinajstić information content (AvgIpc) is 3.40. The van der Waals surface area contributed by atoms with E-state index in [1.54, 1.807) is 0 Å². The Kier molecular flexibility index (Phi) is 11.0. The minimum atomic E-state index is 1.08. The molecule has 0 unspecified atom stereocenters. The van der Waals surface area contributed by atoms with Crippen LogP contribution >= 0.6 is 0 Å². The molecule has 0 aliphatic heterocycles. The fourth-order valence-corrected chi connectivity index (χ4v) is 9.02. The van der Waals surface area contributed by atoms with Crippen molar-refractivity contribution < 1.29 is 0 Å². The zero-order chi connectivity index (χ0) is 44.1. The zero-order valence-electron chi connectivity index (χ0n) is 36.5. The van der Waals surface area contributed by atoms with Crippen LogP contribution in [0.5, 0.6) is 0 Å². The molecule has 11 aromatic carbocycles. The third kappa shape index (κ3) is 8.40. The number of hydrogen-bond donors (Lipinski definition) is 0. The Labute approximate surface area is 387 Å². The van der Waals surface area contributed by atoms with Gasteiger partial charge in [0.15, 0.2) is 0 Å². The van der Waals surface area contributed by atoms with Crippen LogP contribution in [0.25, 0.3) is 66.4 Å². The van der Waals surface area contributed by atoms with E-state index in [2.05, 4.69) is 289 Å². The second-order valence-corrected chi connectivity index (χ2v) is 16.6. The van der Waals surface area contributed by atoms with Crippen molar-refractivity contribution >= 4 is 44.9 Å². The van der Waals surface area contributed by atoms with Gasteiger partial charge in [-0.05, 0) is 145 Å². The summed E-state index contributed by atoms with van der Waals surface area (Å²) in [6.45, 7) is 0. The lowest BCUT2D eigenvalue weighted by Crippen LogP contribution is -2.10. The van der Waals surface area contributed by atoms with Crippen LogP contribution in [0.15, 0.2) is 279 Å². The van der Waals surface area contributed by atoms with Crippen molar-refractivity contribution in [2.24, 2.45) is 0 Å². The molecular weight excluding hydrogens is 797 g/mol. The summed E-state index contributed by atoms with van der Waals surface area (Å²) >= 11 is 0. The topological polar surface area (TPSA) is 6.48 Å². The van der Waals surface area contributed by atoms with Crippen molar-refractivity contribution in [2.75, 3.05) is 9.80 Å². The van der Waals surface area contributed by atoms with E-state index in [4.69, 9.17) is 0 Å². The van der Waals surface area contributed by atoms with Crippen molar-refractivity contribution in [1.82, 2.24) is 0 Å². The highest BCUT2D eigenvalue weighted by molar-refractivity contribution is 5.90. The van der Waals surface area contributed by atoms with Gasteiger partial charge in [-0.15, -0.1) is 0 Å². The molecule has 0 radical (unpaired) electrons. The quantitative estimate of drug-likeness (QED) is 0.128. The molecule has 0 amide bonds. The third-order valence-corrected chi connectivity index (χ3v) is 12.4. The van der Waals surface area contributed by atoms with E-state index in [0.717, 1.165) is 45.3 Å². The Morgan fingerprint density at radius 1 is 0.152 bits per heavy atom. The zero-order valence-corrected chi connectivity index (χ0v) is 36.5. The SMILES string of the molecule is c1ccc(-c2ccc(N(c3ccc(-c4ccc(N(c5ccc(-c6ccccc6)cc5)c5ccc6ccccc6c5)cc4)cc3)c3cc(-c4ccccc4)cc(-c4ccccc4)c3)cc2)cc1. The van der Waals surface area contributed by atoms with Gasteiger partial charge < -0.3 is 9.80 Å². The van der Waals surface area contributed by atoms with E-state index in [1.165, 1.54) is 55.3 Å².